The van der Waals surface area contributed by atoms with Gasteiger partial charge < -0.3 is 10.5 Å². The van der Waals surface area contributed by atoms with Crippen molar-refractivity contribution in [1.82, 2.24) is 0 Å². The second-order valence-corrected chi connectivity index (χ2v) is 5.62. The molecule has 0 radical (unpaired) electrons. The van der Waals surface area contributed by atoms with Crippen LogP contribution in [0.2, 0.25) is 10.0 Å². The third-order valence-corrected chi connectivity index (χ3v) is 3.61. The molecular formula is C15H15Cl2NO. The molecule has 0 saturated heterocycles. The molecule has 2 nitrogen and oxygen atoms in total. The molecule has 0 aliphatic carbocycles. The quantitative estimate of drug-likeness (QED) is 0.818. The Morgan fingerprint density at radius 1 is 0.947 bits per heavy atom. The van der Waals surface area contributed by atoms with Gasteiger partial charge in [-0.05, 0) is 55.8 Å². The lowest BCUT2D eigenvalue weighted by Gasteiger charge is -2.27. The minimum atomic E-state index is -0.510. The van der Waals surface area contributed by atoms with Crippen LogP contribution in [-0.2, 0) is 5.60 Å². The second-order valence-electron chi connectivity index (χ2n) is 4.81. The third-order valence-electron chi connectivity index (χ3n) is 2.87. The first-order chi connectivity index (χ1) is 8.88. The highest BCUT2D eigenvalue weighted by Gasteiger charge is 2.23. The van der Waals surface area contributed by atoms with Crippen molar-refractivity contribution in [3.63, 3.8) is 0 Å². The molecule has 0 fully saturated rings. The van der Waals surface area contributed by atoms with Gasteiger partial charge in [0.25, 0.3) is 0 Å². The maximum atomic E-state index is 6.04. The Bertz CT molecular complexity index is 579. The van der Waals surface area contributed by atoms with Gasteiger partial charge in [0.1, 0.15) is 11.4 Å². The van der Waals surface area contributed by atoms with E-state index in [-0.39, 0.29) is 0 Å². The molecule has 0 saturated carbocycles. The van der Waals surface area contributed by atoms with Crippen LogP contribution in [0, 0.1) is 0 Å². The summed E-state index contributed by atoms with van der Waals surface area (Å²) in [6.07, 6.45) is 0. The number of hydrogen-bond donors (Lipinski definition) is 1. The molecule has 0 spiro atoms. The lowest BCUT2D eigenvalue weighted by molar-refractivity contribution is 0.109. The summed E-state index contributed by atoms with van der Waals surface area (Å²) in [5.41, 5.74) is 6.81. The average Bonchev–Trinajstić information content (AvgIpc) is 2.35. The van der Waals surface area contributed by atoms with Gasteiger partial charge in [0.2, 0.25) is 0 Å². The molecule has 2 aromatic rings. The Morgan fingerprint density at radius 2 is 1.58 bits per heavy atom. The first-order valence-electron chi connectivity index (χ1n) is 5.88. The van der Waals surface area contributed by atoms with Crippen LogP contribution in [0.3, 0.4) is 0 Å². The van der Waals surface area contributed by atoms with Crippen LogP contribution >= 0.6 is 23.2 Å². The highest BCUT2D eigenvalue weighted by molar-refractivity contribution is 6.42. The zero-order valence-electron chi connectivity index (χ0n) is 10.8. The highest BCUT2D eigenvalue weighted by Crippen LogP contribution is 2.32. The normalized spacial score (nSPS) is 11.4. The second kappa shape index (κ2) is 5.32. The Morgan fingerprint density at radius 3 is 2.16 bits per heavy atom. The minimum absolute atomic E-state index is 0.510. The number of anilines is 1. The van der Waals surface area contributed by atoms with Crippen molar-refractivity contribution in [2.75, 3.05) is 5.73 Å². The summed E-state index contributed by atoms with van der Waals surface area (Å²) in [5, 5.41) is 1.06. The summed E-state index contributed by atoms with van der Waals surface area (Å²) in [6.45, 7) is 3.95. The van der Waals surface area contributed by atoms with Gasteiger partial charge in [-0.15, -0.1) is 0 Å². The summed E-state index contributed by atoms with van der Waals surface area (Å²) < 4.78 is 5.98. The van der Waals surface area contributed by atoms with E-state index in [1.165, 1.54) is 0 Å². The molecular weight excluding hydrogens is 281 g/mol. The molecule has 2 N–H and O–H groups in total. The fourth-order valence-electron chi connectivity index (χ4n) is 1.76. The zero-order chi connectivity index (χ0) is 14.0. The van der Waals surface area contributed by atoms with E-state index in [0.29, 0.717) is 15.7 Å². The Hall–Kier alpha value is -1.38. The fraction of sp³-hybridized carbons (Fsp3) is 0.200. The predicted molar refractivity (Wildman–Crippen MR) is 81.0 cm³/mol. The Labute approximate surface area is 123 Å². The first kappa shape index (κ1) is 14.0. The molecule has 2 rings (SSSR count). The van der Waals surface area contributed by atoms with Crippen molar-refractivity contribution in [2.24, 2.45) is 0 Å². The number of nitrogen functional groups attached to an aromatic ring is 1. The van der Waals surface area contributed by atoms with E-state index >= 15 is 0 Å². The zero-order valence-corrected chi connectivity index (χ0v) is 12.3. The van der Waals surface area contributed by atoms with Gasteiger partial charge in [0.05, 0.1) is 10.0 Å². The van der Waals surface area contributed by atoms with Crippen LogP contribution in [-0.4, -0.2) is 0 Å². The summed E-state index contributed by atoms with van der Waals surface area (Å²) in [4.78, 5) is 0. The largest absolute Gasteiger partial charge is 0.483 e. The van der Waals surface area contributed by atoms with Crippen LogP contribution in [0.5, 0.6) is 5.75 Å². The van der Waals surface area contributed by atoms with Gasteiger partial charge in [0, 0.05) is 5.69 Å². The summed E-state index contributed by atoms with van der Waals surface area (Å²) in [5.74, 6) is 0.755. The van der Waals surface area contributed by atoms with E-state index in [1.807, 2.05) is 38.1 Å². The SMILES string of the molecule is CC(C)(Oc1ccc(N)cc1)c1ccc(Cl)c(Cl)c1. The van der Waals surface area contributed by atoms with Gasteiger partial charge in [-0.1, -0.05) is 29.3 Å². The number of benzene rings is 2. The molecule has 0 bridgehead atoms. The van der Waals surface area contributed by atoms with Gasteiger partial charge in [-0.25, -0.2) is 0 Å². The van der Waals surface area contributed by atoms with Crippen molar-refractivity contribution in [3.05, 3.63) is 58.1 Å². The lowest BCUT2D eigenvalue weighted by Crippen LogP contribution is -2.25. The molecule has 0 aliphatic rings. The van der Waals surface area contributed by atoms with Crippen LogP contribution < -0.4 is 10.5 Å². The summed E-state index contributed by atoms with van der Waals surface area (Å²) >= 11 is 12.0. The van der Waals surface area contributed by atoms with Gasteiger partial charge in [-0.2, -0.15) is 0 Å². The van der Waals surface area contributed by atoms with Crippen molar-refractivity contribution < 1.29 is 4.74 Å². The maximum Gasteiger partial charge on any atom is 0.128 e. The van der Waals surface area contributed by atoms with E-state index in [1.54, 1.807) is 18.2 Å². The molecule has 0 atom stereocenters. The van der Waals surface area contributed by atoms with Crippen LogP contribution in [0.4, 0.5) is 5.69 Å². The molecule has 0 amide bonds. The smallest absolute Gasteiger partial charge is 0.128 e. The molecule has 2 aromatic carbocycles. The topological polar surface area (TPSA) is 35.2 Å². The fourth-order valence-corrected chi connectivity index (χ4v) is 2.06. The molecule has 0 aliphatic heterocycles. The van der Waals surface area contributed by atoms with E-state index < -0.39 is 5.60 Å². The standard InChI is InChI=1S/C15H15Cl2NO/c1-15(2,10-3-8-13(16)14(17)9-10)19-12-6-4-11(18)5-7-12/h3-9H,18H2,1-2H3. The Kier molecular flexibility index (Phi) is 3.93. The third kappa shape index (κ3) is 3.34. The Balaban J connectivity index is 2.26. The molecule has 4 heteroatoms. The lowest BCUT2D eigenvalue weighted by atomic mass is 9.98. The molecule has 100 valence electrons. The monoisotopic (exact) mass is 295 g/mol. The van der Waals surface area contributed by atoms with Crippen molar-refractivity contribution >= 4 is 28.9 Å². The minimum Gasteiger partial charge on any atom is -0.483 e. The van der Waals surface area contributed by atoms with Crippen molar-refractivity contribution in [2.45, 2.75) is 19.4 Å². The number of ether oxygens (including phenoxy) is 1. The highest BCUT2D eigenvalue weighted by atomic mass is 35.5. The number of nitrogens with two attached hydrogens (primary N) is 1. The van der Waals surface area contributed by atoms with Gasteiger partial charge in [-0.3, -0.25) is 0 Å². The van der Waals surface area contributed by atoms with Crippen molar-refractivity contribution in [3.8, 4) is 5.75 Å². The van der Waals surface area contributed by atoms with Gasteiger partial charge in [0.15, 0.2) is 0 Å². The number of rotatable bonds is 3. The summed E-state index contributed by atoms with van der Waals surface area (Å²) in [7, 11) is 0. The molecule has 0 unspecified atom stereocenters. The van der Waals surface area contributed by atoms with Crippen LogP contribution in [0.1, 0.15) is 19.4 Å². The molecule has 0 heterocycles. The predicted octanol–water partition coefficient (Wildman–Crippen LogP) is 4.89. The van der Waals surface area contributed by atoms with Gasteiger partial charge >= 0.3 is 0 Å². The van der Waals surface area contributed by atoms with E-state index in [4.69, 9.17) is 33.7 Å². The van der Waals surface area contributed by atoms with E-state index in [0.717, 1.165) is 11.3 Å². The van der Waals surface area contributed by atoms with E-state index in [2.05, 4.69) is 0 Å². The average molecular weight is 296 g/mol. The summed E-state index contributed by atoms with van der Waals surface area (Å²) in [6, 6.07) is 12.8. The van der Waals surface area contributed by atoms with Crippen molar-refractivity contribution in [1.29, 1.82) is 0 Å². The molecule has 19 heavy (non-hydrogen) atoms. The van der Waals surface area contributed by atoms with E-state index in [9.17, 15) is 0 Å². The first-order valence-corrected chi connectivity index (χ1v) is 6.64. The van der Waals surface area contributed by atoms with Crippen LogP contribution in [0.25, 0.3) is 0 Å². The maximum absolute atomic E-state index is 6.04. The molecule has 0 aromatic heterocycles. The number of halogens is 2. The van der Waals surface area contributed by atoms with Crippen LogP contribution in [0.15, 0.2) is 42.5 Å². The number of hydrogen-bond acceptors (Lipinski definition) is 2.